The quantitative estimate of drug-likeness (QED) is 0.793. The number of carbonyl (C=O) groups excluding carboxylic acids is 1. The van der Waals surface area contributed by atoms with Gasteiger partial charge in [-0.1, -0.05) is 30.7 Å². The van der Waals surface area contributed by atoms with Gasteiger partial charge in [-0.3, -0.25) is 4.79 Å². The van der Waals surface area contributed by atoms with Crippen molar-refractivity contribution in [2.45, 2.75) is 13.3 Å². The Kier molecular flexibility index (Phi) is 5.65. The third-order valence-electron chi connectivity index (χ3n) is 2.78. The Morgan fingerprint density at radius 1 is 1.29 bits per heavy atom. The Labute approximate surface area is 137 Å². The molecule has 0 radical (unpaired) electrons. The van der Waals surface area contributed by atoms with Gasteiger partial charge in [0, 0.05) is 5.56 Å². The van der Waals surface area contributed by atoms with Gasteiger partial charge in [0.15, 0.2) is 0 Å². The Balaban J connectivity index is 2.13. The molecule has 0 aromatic heterocycles. The van der Waals surface area contributed by atoms with Crippen molar-refractivity contribution >= 4 is 39.1 Å². The number of rotatable bonds is 5. The lowest BCUT2D eigenvalue weighted by Gasteiger charge is -2.10. The van der Waals surface area contributed by atoms with Gasteiger partial charge in [0.1, 0.15) is 5.75 Å². The summed E-state index contributed by atoms with van der Waals surface area (Å²) in [5.41, 5.74) is 1.12. The van der Waals surface area contributed by atoms with Crippen LogP contribution < -0.4 is 10.1 Å². The van der Waals surface area contributed by atoms with E-state index in [0.717, 1.165) is 16.6 Å². The van der Waals surface area contributed by atoms with Crippen LogP contribution in [0.5, 0.6) is 5.75 Å². The molecule has 2 rings (SSSR count). The number of nitrogens with one attached hydrogen (secondary N) is 1. The van der Waals surface area contributed by atoms with Gasteiger partial charge in [0.05, 0.1) is 21.8 Å². The molecule has 2 aromatic rings. The smallest absolute Gasteiger partial charge is 0.255 e. The monoisotopic (exact) mass is 367 g/mol. The summed E-state index contributed by atoms with van der Waals surface area (Å²) in [6, 6.07) is 12.4. The zero-order chi connectivity index (χ0) is 15.2. The summed E-state index contributed by atoms with van der Waals surface area (Å²) in [5, 5.41) is 3.29. The first-order valence-corrected chi connectivity index (χ1v) is 7.77. The van der Waals surface area contributed by atoms with Gasteiger partial charge < -0.3 is 10.1 Å². The van der Waals surface area contributed by atoms with Crippen molar-refractivity contribution in [3.63, 3.8) is 0 Å². The molecule has 1 N–H and O–H groups in total. The van der Waals surface area contributed by atoms with Gasteiger partial charge >= 0.3 is 0 Å². The number of ether oxygens (including phenoxy) is 1. The van der Waals surface area contributed by atoms with Gasteiger partial charge in [-0.15, -0.1) is 0 Å². The minimum atomic E-state index is -0.217. The van der Waals surface area contributed by atoms with E-state index in [1.807, 2.05) is 19.1 Å². The number of hydrogen-bond acceptors (Lipinski definition) is 2. The van der Waals surface area contributed by atoms with Gasteiger partial charge in [0.25, 0.3) is 5.91 Å². The van der Waals surface area contributed by atoms with Crippen molar-refractivity contribution in [1.82, 2.24) is 0 Å². The molecule has 0 saturated carbocycles. The molecule has 0 unspecified atom stereocenters. The highest BCUT2D eigenvalue weighted by Gasteiger charge is 2.10. The minimum absolute atomic E-state index is 0.217. The lowest BCUT2D eigenvalue weighted by Crippen LogP contribution is -2.12. The van der Waals surface area contributed by atoms with E-state index in [9.17, 15) is 4.79 Å². The molecule has 0 aliphatic rings. The van der Waals surface area contributed by atoms with Crippen LogP contribution in [0.3, 0.4) is 0 Å². The Hall–Kier alpha value is -1.52. The van der Waals surface area contributed by atoms with Crippen LogP contribution in [0.1, 0.15) is 23.7 Å². The number of halogens is 2. The molecule has 1 amide bonds. The second kappa shape index (κ2) is 7.48. The molecule has 0 fully saturated rings. The molecule has 0 heterocycles. The van der Waals surface area contributed by atoms with E-state index >= 15 is 0 Å². The lowest BCUT2D eigenvalue weighted by atomic mass is 10.2. The summed E-state index contributed by atoms with van der Waals surface area (Å²) in [6.45, 7) is 2.68. The predicted molar refractivity (Wildman–Crippen MR) is 89.3 cm³/mol. The Morgan fingerprint density at radius 3 is 2.71 bits per heavy atom. The molecule has 0 saturated heterocycles. The fourth-order valence-corrected chi connectivity index (χ4v) is 2.40. The highest BCUT2D eigenvalue weighted by Crippen LogP contribution is 2.27. The maximum atomic E-state index is 12.2. The van der Waals surface area contributed by atoms with E-state index in [0.29, 0.717) is 22.9 Å². The van der Waals surface area contributed by atoms with E-state index in [4.69, 9.17) is 16.3 Å². The molecule has 0 spiro atoms. The Morgan fingerprint density at radius 2 is 2.05 bits per heavy atom. The molecule has 2 aromatic carbocycles. The third-order valence-corrected chi connectivity index (χ3v) is 3.73. The second-order valence-electron chi connectivity index (χ2n) is 4.43. The number of anilines is 1. The van der Waals surface area contributed by atoms with Crippen LogP contribution in [0.15, 0.2) is 46.9 Å². The fourth-order valence-electron chi connectivity index (χ4n) is 1.73. The molecule has 110 valence electrons. The summed E-state index contributed by atoms with van der Waals surface area (Å²) >= 11 is 9.44. The minimum Gasteiger partial charge on any atom is -0.492 e. The van der Waals surface area contributed by atoms with E-state index in [1.165, 1.54) is 0 Å². The zero-order valence-corrected chi connectivity index (χ0v) is 13.9. The first-order chi connectivity index (χ1) is 10.1. The molecular weight excluding hydrogens is 354 g/mol. The van der Waals surface area contributed by atoms with Crippen molar-refractivity contribution in [1.29, 1.82) is 0 Å². The maximum absolute atomic E-state index is 12.2. The van der Waals surface area contributed by atoms with E-state index in [-0.39, 0.29) is 5.91 Å². The summed E-state index contributed by atoms with van der Waals surface area (Å²) in [7, 11) is 0. The van der Waals surface area contributed by atoms with E-state index in [1.54, 1.807) is 30.3 Å². The van der Waals surface area contributed by atoms with E-state index in [2.05, 4.69) is 21.2 Å². The maximum Gasteiger partial charge on any atom is 0.255 e. The predicted octanol–water partition coefficient (Wildman–Crippen LogP) is 5.14. The van der Waals surface area contributed by atoms with Crippen LogP contribution in [0.2, 0.25) is 5.02 Å². The number of carbonyl (C=O) groups is 1. The normalized spacial score (nSPS) is 10.2. The number of para-hydroxylation sites is 1. The fraction of sp³-hybridized carbons (Fsp3) is 0.188. The van der Waals surface area contributed by atoms with E-state index < -0.39 is 0 Å². The number of amides is 1. The molecule has 0 atom stereocenters. The van der Waals surface area contributed by atoms with Gasteiger partial charge in [-0.05, 0) is 52.7 Å². The lowest BCUT2D eigenvalue weighted by molar-refractivity contribution is 0.102. The largest absolute Gasteiger partial charge is 0.492 e. The topological polar surface area (TPSA) is 38.3 Å². The van der Waals surface area contributed by atoms with Crippen LogP contribution in [-0.4, -0.2) is 12.5 Å². The summed E-state index contributed by atoms with van der Waals surface area (Å²) < 4.78 is 6.31. The SMILES string of the molecule is CCCOc1ccc(C(=O)Nc2ccccc2Cl)cc1Br. The van der Waals surface area contributed by atoms with Crippen LogP contribution in [0, 0.1) is 0 Å². The molecular formula is C16H15BrClNO2. The van der Waals surface area contributed by atoms with Crippen molar-refractivity contribution in [3.8, 4) is 5.75 Å². The zero-order valence-electron chi connectivity index (χ0n) is 11.5. The molecule has 21 heavy (non-hydrogen) atoms. The summed E-state index contributed by atoms with van der Waals surface area (Å²) in [6.07, 6.45) is 0.932. The second-order valence-corrected chi connectivity index (χ2v) is 5.69. The summed E-state index contributed by atoms with van der Waals surface area (Å²) in [4.78, 5) is 12.2. The van der Waals surface area contributed by atoms with Crippen molar-refractivity contribution in [2.24, 2.45) is 0 Å². The average Bonchev–Trinajstić information content (AvgIpc) is 2.48. The Bertz CT molecular complexity index is 646. The molecule has 5 heteroatoms. The van der Waals surface area contributed by atoms with Crippen molar-refractivity contribution < 1.29 is 9.53 Å². The first kappa shape index (κ1) is 15.9. The van der Waals surface area contributed by atoms with Crippen LogP contribution in [-0.2, 0) is 0 Å². The molecule has 0 aliphatic carbocycles. The van der Waals surface area contributed by atoms with Gasteiger partial charge in [-0.25, -0.2) is 0 Å². The van der Waals surface area contributed by atoms with Crippen LogP contribution in [0.25, 0.3) is 0 Å². The van der Waals surface area contributed by atoms with Crippen molar-refractivity contribution in [3.05, 3.63) is 57.5 Å². The average molecular weight is 369 g/mol. The standard InChI is InChI=1S/C16H15BrClNO2/c1-2-9-21-15-8-7-11(10-12(15)17)16(20)19-14-6-4-3-5-13(14)18/h3-8,10H,2,9H2,1H3,(H,19,20). The van der Waals surface area contributed by atoms with Crippen LogP contribution in [0.4, 0.5) is 5.69 Å². The molecule has 0 bridgehead atoms. The summed E-state index contributed by atoms with van der Waals surface area (Å²) in [5.74, 6) is 0.511. The first-order valence-electron chi connectivity index (χ1n) is 6.60. The van der Waals surface area contributed by atoms with Gasteiger partial charge in [0.2, 0.25) is 0 Å². The van der Waals surface area contributed by atoms with Crippen LogP contribution >= 0.6 is 27.5 Å². The number of hydrogen-bond donors (Lipinski definition) is 1. The molecule has 3 nitrogen and oxygen atoms in total. The van der Waals surface area contributed by atoms with Gasteiger partial charge in [-0.2, -0.15) is 0 Å². The molecule has 0 aliphatic heterocycles. The highest BCUT2D eigenvalue weighted by atomic mass is 79.9. The highest BCUT2D eigenvalue weighted by molar-refractivity contribution is 9.10. The third kappa shape index (κ3) is 4.22. The van der Waals surface area contributed by atoms with Crippen molar-refractivity contribution in [2.75, 3.05) is 11.9 Å². The number of benzene rings is 2.